The van der Waals surface area contributed by atoms with Gasteiger partial charge in [0.05, 0.1) is 11.7 Å². The molecule has 6 nitrogen and oxygen atoms in total. The molecular formula is C14H22N4O2. The van der Waals surface area contributed by atoms with E-state index in [-0.39, 0.29) is 12.0 Å². The van der Waals surface area contributed by atoms with Gasteiger partial charge in [0.1, 0.15) is 0 Å². The van der Waals surface area contributed by atoms with E-state index in [1.807, 2.05) is 0 Å². The highest BCUT2D eigenvalue weighted by atomic mass is 16.5. The Morgan fingerprint density at radius 1 is 1.45 bits per heavy atom. The van der Waals surface area contributed by atoms with Crippen LogP contribution in [0.3, 0.4) is 0 Å². The van der Waals surface area contributed by atoms with Crippen molar-refractivity contribution in [3.8, 4) is 0 Å². The van der Waals surface area contributed by atoms with E-state index in [1.165, 1.54) is 0 Å². The van der Waals surface area contributed by atoms with Gasteiger partial charge >= 0.3 is 0 Å². The minimum Gasteiger partial charge on any atom is -0.376 e. The third-order valence-corrected chi connectivity index (χ3v) is 3.10. The molecule has 110 valence electrons. The molecule has 1 aromatic rings. The van der Waals surface area contributed by atoms with Gasteiger partial charge in [0.15, 0.2) is 0 Å². The molecule has 1 unspecified atom stereocenters. The lowest BCUT2D eigenvalue weighted by Gasteiger charge is -2.11. The summed E-state index contributed by atoms with van der Waals surface area (Å²) in [7, 11) is 0. The molecule has 1 aliphatic heterocycles. The first-order chi connectivity index (χ1) is 9.65. The van der Waals surface area contributed by atoms with E-state index in [0.717, 1.165) is 26.0 Å². The largest absolute Gasteiger partial charge is 0.376 e. The molecule has 1 amide bonds. The Kier molecular flexibility index (Phi) is 5.29. The number of nitrogens with one attached hydrogen (secondary N) is 2. The second-order valence-electron chi connectivity index (χ2n) is 5.42. The third-order valence-electron chi connectivity index (χ3n) is 3.10. The Morgan fingerprint density at radius 3 is 2.80 bits per heavy atom. The van der Waals surface area contributed by atoms with Crippen molar-refractivity contribution in [1.29, 1.82) is 0 Å². The van der Waals surface area contributed by atoms with Gasteiger partial charge in [0, 0.05) is 32.1 Å². The van der Waals surface area contributed by atoms with Crippen LogP contribution in [-0.2, 0) is 4.74 Å². The van der Waals surface area contributed by atoms with Gasteiger partial charge in [-0.15, -0.1) is 0 Å². The Morgan fingerprint density at radius 2 is 2.20 bits per heavy atom. The predicted molar refractivity (Wildman–Crippen MR) is 76.7 cm³/mol. The van der Waals surface area contributed by atoms with E-state index < -0.39 is 0 Å². The summed E-state index contributed by atoms with van der Waals surface area (Å²) in [5.41, 5.74) is 0.470. The molecule has 6 heteroatoms. The topological polar surface area (TPSA) is 76.1 Å². The number of carbonyl (C=O) groups is 1. The van der Waals surface area contributed by atoms with Crippen LogP contribution in [0.1, 0.15) is 37.0 Å². The van der Waals surface area contributed by atoms with Crippen molar-refractivity contribution < 1.29 is 9.53 Å². The summed E-state index contributed by atoms with van der Waals surface area (Å²) in [5.74, 6) is 0.915. The molecule has 1 aliphatic rings. The van der Waals surface area contributed by atoms with Gasteiger partial charge in [0.2, 0.25) is 5.95 Å². The minimum absolute atomic E-state index is 0.145. The molecule has 0 radical (unpaired) electrons. The number of carbonyl (C=O) groups excluding carboxylic acids is 1. The van der Waals surface area contributed by atoms with Crippen LogP contribution in [0.4, 0.5) is 5.95 Å². The van der Waals surface area contributed by atoms with Crippen LogP contribution >= 0.6 is 0 Å². The molecule has 0 saturated carbocycles. The molecule has 1 atom stereocenters. The van der Waals surface area contributed by atoms with Crippen LogP contribution in [0, 0.1) is 5.92 Å². The lowest BCUT2D eigenvalue weighted by atomic mass is 10.2. The van der Waals surface area contributed by atoms with Crippen molar-refractivity contribution >= 4 is 11.9 Å². The van der Waals surface area contributed by atoms with E-state index in [9.17, 15) is 4.79 Å². The van der Waals surface area contributed by atoms with Gasteiger partial charge in [-0.2, -0.15) is 0 Å². The number of ether oxygens (including phenoxy) is 1. The van der Waals surface area contributed by atoms with Crippen molar-refractivity contribution in [1.82, 2.24) is 15.3 Å². The second-order valence-corrected chi connectivity index (χ2v) is 5.42. The summed E-state index contributed by atoms with van der Waals surface area (Å²) in [6, 6.07) is 0. The Balaban J connectivity index is 1.80. The van der Waals surface area contributed by atoms with Crippen LogP contribution in [-0.4, -0.2) is 41.7 Å². The Hall–Kier alpha value is -1.69. The van der Waals surface area contributed by atoms with Gasteiger partial charge in [-0.05, 0) is 18.8 Å². The van der Waals surface area contributed by atoms with Crippen LogP contribution < -0.4 is 10.6 Å². The first kappa shape index (κ1) is 14.7. The van der Waals surface area contributed by atoms with Gasteiger partial charge in [-0.3, -0.25) is 4.79 Å². The second kappa shape index (κ2) is 7.19. The fourth-order valence-corrected chi connectivity index (χ4v) is 1.95. The average molecular weight is 278 g/mol. The molecule has 1 saturated heterocycles. The number of aromatic nitrogens is 2. The molecule has 20 heavy (non-hydrogen) atoms. The van der Waals surface area contributed by atoms with Gasteiger partial charge < -0.3 is 15.4 Å². The van der Waals surface area contributed by atoms with Crippen molar-refractivity contribution in [3.63, 3.8) is 0 Å². The number of rotatable bonds is 6. The van der Waals surface area contributed by atoms with Crippen molar-refractivity contribution in [2.75, 3.05) is 25.0 Å². The normalized spacial score (nSPS) is 18.2. The predicted octanol–water partition coefficient (Wildman–Crippen LogP) is 1.45. The fraction of sp³-hybridized carbons (Fsp3) is 0.643. The Labute approximate surface area is 119 Å². The first-order valence-electron chi connectivity index (χ1n) is 7.11. The smallest absolute Gasteiger partial charge is 0.254 e. The zero-order valence-electron chi connectivity index (χ0n) is 12.1. The fourth-order valence-electron chi connectivity index (χ4n) is 1.95. The van der Waals surface area contributed by atoms with Crippen LogP contribution in [0.2, 0.25) is 0 Å². The van der Waals surface area contributed by atoms with E-state index in [4.69, 9.17) is 4.74 Å². The van der Waals surface area contributed by atoms with Gasteiger partial charge in [-0.1, -0.05) is 13.8 Å². The lowest BCUT2D eigenvalue weighted by Crippen LogP contribution is -2.31. The number of amides is 1. The summed E-state index contributed by atoms with van der Waals surface area (Å²) < 4.78 is 5.46. The summed E-state index contributed by atoms with van der Waals surface area (Å²) in [6.45, 7) is 6.37. The zero-order chi connectivity index (χ0) is 14.4. The van der Waals surface area contributed by atoms with Gasteiger partial charge in [0.25, 0.3) is 5.91 Å². The van der Waals surface area contributed by atoms with E-state index in [2.05, 4.69) is 34.4 Å². The maximum absolute atomic E-state index is 11.9. The summed E-state index contributed by atoms with van der Waals surface area (Å²) in [5, 5.41) is 5.96. The number of hydrogen-bond acceptors (Lipinski definition) is 5. The van der Waals surface area contributed by atoms with Crippen molar-refractivity contribution in [2.24, 2.45) is 5.92 Å². The first-order valence-corrected chi connectivity index (χ1v) is 7.11. The molecule has 2 N–H and O–H groups in total. The molecule has 1 aromatic heterocycles. The molecule has 0 aliphatic carbocycles. The quantitative estimate of drug-likeness (QED) is 0.823. The molecule has 1 fully saturated rings. The monoisotopic (exact) mass is 278 g/mol. The molecular weight excluding hydrogens is 256 g/mol. The van der Waals surface area contributed by atoms with Crippen LogP contribution in [0.15, 0.2) is 12.4 Å². The maximum Gasteiger partial charge on any atom is 0.254 e. The number of nitrogens with zero attached hydrogens (tertiary/aromatic N) is 2. The Bertz CT molecular complexity index is 427. The molecule has 0 bridgehead atoms. The van der Waals surface area contributed by atoms with E-state index in [1.54, 1.807) is 12.4 Å². The number of anilines is 1. The molecule has 0 aromatic carbocycles. The SMILES string of the molecule is CC(C)CNc1ncc(C(=O)NCC2CCCO2)cn1. The van der Waals surface area contributed by atoms with Crippen molar-refractivity contribution in [3.05, 3.63) is 18.0 Å². The average Bonchev–Trinajstić information content (AvgIpc) is 2.96. The number of hydrogen-bond donors (Lipinski definition) is 2. The summed E-state index contributed by atoms with van der Waals surface area (Å²) in [6.07, 6.45) is 5.31. The zero-order valence-corrected chi connectivity index (χ0v) is 12.1. The minimum atomic E-state index is -0.157. The van der Waals surface area contributed by atoms with Crippen molar-refractivity contribution in [2.45, 2.75) is 32.8 Å². The molecule has 2 heterocycles. The standard InChI is InChI=1S/C14H22N4O2/c1-10(2)6-16-14-17-7-11(8-18-14)13(19)15-9-12-4-3-5-20-12/h7-8,10,12H,3-6,9H2,1-2H3,(H,15,19)(H,16,17,18). The lowest BCUT2D eigenvalue weighted by molar-refractivity contribution is 0.0857. The highest BCUT2D eigenvalue weighted by molar-refractivity contribution is 5.93. The maximum atomic E-state index is 11.9. The van der Waals surface area contributed by atoms with E-state index >= 15 is 0 Å². The highest BCUT2D eigenvalue weighted by Gasteiger charge is 2.16. The van der Waals surface area contributed by atoms with Crippen LogP contribution in [0.5, 0.6) is 0 Å². The highest BCUT2D eigenvalue weighted by Crippen LogP contribution is 2.10. The summed E-state index contributed by atoms with van der Waals surface area (Å²) >= 11 is 0. The third kappa shape index (κ3) is 4.45. The van der Waals surface area contributed by atoms with Gasteiger partial charge in [-0.25, -0.2) is 9.97 Å². The van der Waals surface area contributed by atoms with Crippen LogP contribution in [0.25, 0.3) is 0 Å². The summed E-state index contributed by atoms with van der Waals surface area (Å²) in [4.78, 5) is 20.2. The molecule has 0 spiro atoms. The van der Waals surface area contributed by atoms with E-state index in [0.29, 0.717) is 24.0 Å². The molecule has 2 rings (SSSR count).